The van der Waals surface area contributed by atoms with Crippen molar-refractivity contribution in [2.75, 3.05) is 12.8 Å². The van der Waals surface area contributed by atoms with E-state index in [1.54, 1.807) is 0 Å². The van der Waals surface area contributed by atoms with Crippen molar-refractivity contribution in [1.29, 1.82) is 0 Å². The number of benzene rings is 1. The first-order valence-corrected chi connectivity index (χ1v) is 7.64. The predicted molar refractivity (Wildman–Crippen MR) is 81.0 cm³/mol. The third-order valence-corrected chi connectivity index (χ3v) is 4.20. The van der Waals surface area contributed by atoms with Gasteiger partial charge in [0.15, 0.2) is 0 Å². The van der Waals surface area contributed by atoms with Crippen molar-refractivity contribution in [3.63, 3.8) is 0 Å². The molecule has 0 fully saturated rings. The summed E-state index contributed by atoms with van der Waals surface area (Å²) in [6.07, 6.45) is 7.15. The van der Waals surface area contributed by atoms with Gasteiger partial charge in [-0.25, -0.2) is 0 Å². The third kappa shape index (κ3) is 3.72. The molecule has 2 rings (SSSR count). The lowest BCUT2D eigenvalue weighted by atomic mass is 10.1. The highest BCUT2D eigenvalue weighted by Crippen LogP contribution is 2.14. The zero-order valence-electron chi connectivity index (χ0n) is 11.0. The molecule has 0 saturated carbocycles. The largest absolute Gasteiger partial charge is 0.313 e. The first kappa shape index (κ1) is 13.4. The lowest BCUT2D eigenvalue weighted by molar-refractivity contribution is 0.648. The molecule has 96 valence electrons. The summed E-state index contributed by atoms with van der Waals surface area (Å²) >= 11 is 1.93. The van der Waals surface area contributed by atoms with E-state index in [0.29, 0.717) is 0 Å². The summed E-state index contributed by atoms with van der Waals surface area (Å²) in [4.78, 5) is 4.13. The highest BCUT2D eigenvalue weighted by atomic mass is 32.2. The lowest BCUT2D eigenvalue weighted by Crippen LogP contribution is -2.17. The maximum absolute atomic E-state index is 4.13. The van der Waals surface area contributed by atoms with Gasteiger partial charge in [0.1, 0.15) is 0 Å². The Balaban J connectivity index is 1.88. The van der Waals surface area contributed by atoms with Crippen LogP contribution in [-0.2, 0) is 6.54 Å². The second-order valence-corrected chi connectivity index (χ2v) is 5.85. The molecular formula is C15H20N2S. The van der Waals surface area contributed by atoms with Crippen molar-refractivity contribution in [1.82, 2.24) is 10.3 Å². The van der Waals surface area contributed by atoms with Crippen LogP contribution < -0.4 is 5.32 Å². The summed E-state index contributed by atoms with van der Waals surface area (Å²) in [5.74, 6) is 0. The topological polar surface area (TPSA) is 24.9 Å². The lowest BCUT2D eigenvalue weighted by Gasteiger charge is -2.09. The molecule has 0 aliphatic heterocycles. The minimum atomic E-state index is 0.736. The van der Waals surface area contributed by atoms with E-state index in [1.165, 1.54) is 22.8 Å². The quantitative estimate of drug-likeness (QED) is 0.805. The molecule has 2 nitrogen and oxygen atoms in total. The Morgan fingerprint density at radius 3 is 3.00 bits per heavy atom. The van der Waals surface area contributed by atoms with Crippen LogP contribution in [0.5, 0.6) is 0 Å². The molecule has 1 unspecified atom stereocenters. The minimum absolute atomic E-state index is 0.736. The molecule has 0 radical (unpaired) electrons. The van der Waals surface area contributed by atoms with E-state index in [4.69, 9.17) is 0 Å². The highest BCUT2D eigenvalue weighted by Gasteiger charge is 1.99. The molecule has 0 spiro atoms. The molecule has 3 heteroatoms. The molecule has 0 saturated heterocycles. The van der Waals surface area contributed by atoms with Crippen LogP contribution in [0.25, 0.3) is 10.8 Å². The van der Waals surface area contributed by atoms with E-state index in [9.17, 15) is 0 Å². The van der Waals surface area contributed by atoms with Gasteiger partial charge in [0.25, 0.3) is 0 Å². The Bertz CT molecular complexity index is 499. The Morgan fingerprint density at radius 2 is 2.17 bits per heavy atom. The van der Waals surface area contributed by atoms with Crippen LogP contribution in [0, 0.1) is 0 Å². The van der Waals surface area contributed by atoms with Gasteiger partial charge in [0.2, 0.25) is 0 Å². The second kappa shape index (κ2) is 6.76. The maximum atomic E-state index is 4.13. The molecule has 1 aromatic carbocycles. The summed E-state index contributed by atoms with van der Waals surface area (Å²) in [5.41, 5.74) is 1.34. The van der Waals surface area contributed by atoms with Gasteiger partial charge in [0.05, 0.1) is 0 Å². The van der Waals surface area contributed by atoms with Gasteiger partial charge in [-0.05, 0) is 42.3 Å². The molecule has 0 amide bonds. The van der Waals surface area contributed by atoms with Gasteiger partial charge in [0, 0.05) is 29.6 Å². The molecular weight excluding hydrogens is 240 g/mol. The third-order valence-electron chi connectivity index (χ3n) is 3.16. The van der Waals surface area contributed by atoms with Crippen LogP contribution >= 0.6 is 11.8 Å². The maximum Gasteiger partial charge on any atom is 0.0346 e. The normalized spacial score (nSPS) is 12.8. The average molecular weight is 260 g/mol. The number of nitrogens with one attached hydrogen (secondary N) is 1. The zero-order chi connectivity index (χ0) is 12.8. The number of fused-ring (bicyclic) bond motifs is 1. The summed E-state index contributed by atoms with van der Waals surface area (Å²) in [6.45, 7) is 4.30. The molecule has 0 aliphatic carbocycles. The van der Waals surface area contributed by atoms with Crippen LogP contribution in [0.15, 0.2) is 36.7 Å². The minimum Gasteiger partial charge on any atom is -0.313 e. The first-order valence-electron chi connectivity index (χ1n) is 6.36. The van der Waals surface area contributed by atoms with E-state index in [1.807, 2.05) is 24.2 Å². The SMILES string of the molecule is CSC(C)CCNCc1ccc2cnccc2c1. The van der Waals surface area contributed by atoms with Crippen molar-refractivity contribution in [2.24, 2.45) is 0 Å². The summed E-state index contributed by atoms with van der Waals surface area (Å²) in [6, 6.07) is 8.62. The fourth-order valence-electron chi connectivity index (χ4n) is 1.90. The van der Waals surface area contributed by atoms with Gasteiger partial charge >= 0.3 is 0 Å². The summed E-state index contributed by atoms with van der Waals surface area (Å²) in [7, 11) is 0. The highest BCUT2D eigenvalue weighted by molar-refractivity contribution is 7.99. The predicted octanol–water partition coefficient (Wildman–Crippen LogP) is 3.47. The number of hydrogen-bond donors (Lipinski definition) is 1. The van der Waals surface area contributed by atoms with Gasteiger partial charge in [-0.2, -0.15) is 11.8 Å². The van der Waals surface area contributed by atoms with Crippen molar-refractivity contribution < 1.29 is 0 Å². The fraction of sp³-hybridized carbons (Fsp3) is 0.400. The molecule has 1 aromatic heterocycles. The van der Waals surface area contributed by atoms with E-state index in [0.717, 1.165) is 18.3 Å². The Kier molecular flexibility index (Phi) is 5.02. The number of thioether (sulfide) groups is 1. The standard InChI is InChI=1S/C15H20N2S/c1-12(18-2)5-7-16-10-13-3-4-15-11-17-8-6-14(15)9-13/h3-4,6,8-9,11-12,16H,5,7,10H2,1-2H3. The number of pyridine rings is 1. The smallest absolute Gasteiger partial charge is 0.0346 e. The van der Waals surface area contributed by atoms with Crippen LogP contribution in [0.3, 0.4) is 0 Å². The number of rotatable bonds is 6. The molecule has 1 N–H and O–H groups in total. The van der Waals surface area contributed by atoms with Crippen molar-refractivity contribution >= 4 is 22.5 Å². The van der Waals surface area contributed by atoms with Crippen molar-refractivity contribution in [2.45, 2.75) is 25.1 Å². The molecule has 2 aromatic rings. The molecule has 18 heavy (non-hydrogen) atoms. The van der Waals surface area contributed by atoms with Crippen LogP contribution in [0.1, 0.15) is 18.9 Å². The molecule has 1 atom stereocenters. The molecule has 0 bridgehead atoms. The van der Waals surface area contributed by atoms with Crippen LogP contribution in [0.2, 0.25) is 0 Å². The first-order chi connectivity index (χ1) is 8.79. The Labute approximate surface area is 113 Å². The number of hydrogen-bond acceptors (Lipinski definition) is 3. The summed E-state index contributed by atoms with van der Waals surface area (Å²) in [5, 5.41) is 6.71. The van der Waals surface area contributed by atoms with E-state index in [2.05, 4.69) is 47.7 Å². The fourth-order valence-corrected chi connectivity index (χ4v) is 2.25. The molecule has 1 heterocycles. The Morgan fingerprint density at radius 1 is 1.28 bits per heavy atom. The molecule has 0 aliphatic rings. The van der Waals surface area contributed by atoms with Crippen molar-refractivity contribution in [3.8, 4) is 0 Å². The zero-order valence-corrected chi connectivity index (χ0v) is 11.8. The van der Waals surface area contributed by atoms with Crippen LogP contribution in [0.4, 0.5) is 0 Å². The number of nitrogens with zero attached hydrogens (tertiary/aromatic N) is 1. The summed E-state index contributed by atoms with van der Waals surface area (Å²) < 4.78 is 0. The average Bonchev–Trinajstić information content (AvgIpc) is 2.43. The Hall–Kier alpha value is -1.06. The number of aromatic nitrogens is 1. The van der Waals surface area contributed by atoms with E-state index < -0.39 is 0 Å². The van der Waals surface area contributed by atoms with Crippen LogP contribution in [-0.4, -0.2) is 23.0 Å². The van der Waals surface area contributed by atoms with Gasteiger partial charge < -0.3 is 5.32 Å². The second-order valence-electron chi connectivity index (χ2n) is 4.57. The van der Waals surface area contributed by atoms with E-state index in [-0.39, 0.29) is 0 Å². The van der Waals surface area contributed by atoms with Crippen molar-refractivity contribution in [3.05, 3.63) is 42.2 Å². The van der Waals surface area contributed by atoms with Gasteiger partial charge in [-0.15, -0.1) is 0 Å². The van der Waals surface area contributed by atoms with E-state index >= 15 is 0 Å². The monoisotopic (exact) mass is 260 g/mol. The van der Waals surface area contributed by atoms with Gasteiger partial charge in [-0.3, -0.25) is 4.98 Å². The van der Waals surface area contributed by atoms with Gasteiger partial charge in [-0.1, -0.05) is 19.1 Å².